The zero-order valence-electron chi connectivity index (χ0n) is 18.3. The Hall–Kier alpha value is -3.54. The lowest BCUT2D eigenvalue weighted by Crippen LogP contribution is -2.08. The van der Waals surface area contributed by atoms with Crippen molar-refractivity contribution in [2.75, 3.05) is 27.9 Å². The normalized spacial score (nSPS) is 11.0. The topological polar surface area (TPSA) is 66.9 Å². The highest BCUT2D eigenvalue weighted by Gasteiger charge is 2.15. The number of nitrogens with zero attached hydrogens (tertiary/aromatic N) is 1. The first-order valence-electron chi connectivity index (χ1n) is 10.2. The van der Waals surface area contributed by atoms with E-state index in [4.69, 9.17) is 18.9 Å². The van der Waals surface area contributed by atoms with Gasteiger partial charge in [0.25, 0.3) is 0 Å². The van der Waals surface area contributed by atoms with E-state index in [1.54, 1.807) is 33.5 Å². The van der Waals surface area contributed by atoms with Crippen LogP contribution in [0.5, 0.6) is 17.2 Å². The first kappa shape index (κ1) is 22.2. The van der Waals surface area contributed by atoms with E-state index in [1.807, 2.05) is 42.5 Å². The van der Waals surface area contributed by atoms with Gasteiger partial charge in [-0.2, -0.15) is 0 Å². The van der Waals surface area contributed by atoms with Crippen LogP contribution in [0.3, 0.4) is 0 Å². The Morgan fingerprint density at radius 1 is 0.935 bits per heavy atom. The quantitative estimate of drug-likeness (QED) is 0.341. The predicted octanol–water partition coefficient (Wildman–Crippen LogP) is 5.39. The number of carbonyl (C=O) groups excluding carboxylic acids is 1. The summed E-state index contributed by atoms with van der Waals surface area (Å²) in [5.41, 5.74) is 2.72. The van der Waals surface area contributed by atoms with Crippen molar-refractivity contribution in [3.63, 3.8) is 0 Å². The maximum atomic E-state index is 12.8. The Labute approximate surface area is 182 Å². The maximum Gasteiger partial charge on any atom is 0.338 e. The van der Waals surface area contributed by atoms with Crippen molar-refractivity contribution in [2.45, 2.75) is 19.8 Å². The molecule has 0 spiro atoms. The van der Waals surface area contributed by atoms with Crippen molar-refractivity contribution < 1.29 is 23.7 Å². The minimum absolute atomic E-state index is 0.366. The van der Waals surface area contributed by atoms with Gasteiger partial charge in [0.1, 0.15) is 5.75 Å². The van der Waals surface area contributed by atoms with E-state index in [2.05, 4.69) is 11.9 Å². The molecule has 0 aliphatic rings. The lowest BCUT2D eigenvalue weighted by molar-refractivity contribution is 0.0502. The van der Waals surface area contributed by atoms with Crippen molar-refractivity contribution in [2.24, 2.45) is 0 Å². The number of carbonyl (C=O) groups is 1. The average Bonchev–Trinajstić information content (AvgIpc) is 2.81. The summed E-state index contributed by atoms with van der Waals surface area (Å²) in [6.45, 7) is 2.44. The van der Waals surface area contributed by atoms with E-state index >= 15 is 0 Å². The summed E-state index contributed by atoms with van der Waals surface area (Å²) in [5, 5.41) is 0.698. The number of ether oxygens (including phenoxy) is 4. The van der Waals surface area contributed by atoms with Crippen LogP contribution in [0.25, 0.3) is 23.1 Å². The number of hydrogen-bond acceptors (Lipinski definition) is 6. The van der Waals surface area contributed by atoms with Crippen molar-refractivity contribution >= 4 is 29.0 Å². The molecule has 3 rings (SSSR count). The summed E-state index contributed by atoms with van der Waals surface area (Å²) in [5.74, 6) is 1.60. The predicted molar refractivity (Wildman–Crippen MR) is 122 cm³/mol. The van der Waals surface area contributed by atoms with Crippen LogP contribution in [0.4, 0.5) is 0 Å². The monoisotopic (exact) mass is 421 g/mol. The van der Waals surface area contributed by atoms with E-state index in [9.17, 15) is 4.79 Å². The smallest absolute Gasteiger partial charge is 0.338 e. The number of aromatic nitrogens is 1. The largest absolute Gasteiger partial charge is 0.497 e. The molecule has 3 aromatic rings. The molecule has 0 aliphatic carbocycles. The Kier molecular flexibility index (Phi) is 7.49. The van der Waals surface area contributed by atoms with Gasteiger partial charge in [-0.15, -0.1) is 0 Å². The molecule has 0 unspecified atom stereocenters. The van der Waals surface area contributed by atoms with E-state index in [-0.39, 0.29) is 5.97 Å². The van der Waals surface area contributed by atoms with Crippen LogP contribution in [0.1, 0.15) is 41.4 Å². The van der Waals surface area contributed by atoms with Crippen LogP contribution in [-0.2, 0) is 4.74 Å². The molecule has 0 radical (unpaired) electrons. The molecule has 1 aromatic heterocycles. The number of rotatable bonds is 9. The van der Waals surface area contributed by atoms with Gasteiger partial charge < -0.3 is 18.9 Å². The van der Waals surface area contributed by atoms with Crippen molar-refractivity contribution in [1.29, 1.82) is 0 Å². The number of hydrogen-bond donors (Lipinski definition) is 0. The van der Waals surface area contributed by atoms with E-state index in [0.717, 1.165) is 18.4 Å². The molecule has 0 bridgehead atoms. The van der Waals surface area contributed by atoms with Gasteiger partial charge in [-0.05, 0) is 54.5 Å². The summed E-state index contributed by atoms with van der Waals surface area (Å²) in [6, 6.07) is 12.8. The van der Waals surface area contributed by atoms with E-state index in [1.165, 1.54) is 0 Å². The Morgan fingerprint density at radius 3 is 2.45 bits per heavy atom. The van der Waals surface area contributed by atoms with Gasteiger partial charge in [-0.25, -0.2) is 9.78 Å². The molecule has 0 fully saturated rings. The summed E-state index contributed by atoms with van der Waals surface area (Å²) < 4.78 is 21.4. The van der Waals surface area contributed by atoms with E-state index in [0.29, 0.717) is 46.0 Å². The molecule has 0 saturated heterocycles. The molecule has 0 aliphatic heterocycles. The van der Waals surface area contributed by atoms with Gasteiger partial charge in [0.15, 0.2) is 11.5 Å². The molecule has 162 valence electrons. The highest BCUT2D eigenvalue weighted by molar-refractivity contribution is 6.04. The van der Waals surface area contributed by atoms with Gasteiger partial charge in [0.05, 0.1) is 44.7 Å². The SMILES string of the molecule is CCCCOC(=O)c1cc(/C=C/c2ccc(OC)c(OC)c2)nc2ccc(OC)cc12. The second kappa shape index (κ2) is 10.5. The third-order valence-corrected chi connectivity index (χ3v) is 4.84. The standard InChI is InChI=1S/C25H27NO5/c1-5-6-13-31-25(27)21-15-18(26-22-11-10-19(28-2)16-20(21)22)9-7-17-8-12-23(29-3)24(14-17)30-4/h7-12,14-16H,5-6,13H2,1-4H3/b9-7+. The zero-order chi connectivity index (χ0) is 22.2. The highest BCUT2D eigenvalue weighted by Crippen LogP contribution is 2.29. The Bertz CT molecular complexity index is 1090. The maximum absolute atomic E-state index is 12.8. The second-order valence-electron chi connectivity index (χ2n) is 6.91. The second-order valence-corrected chi connectivity index (χ2v) is 6.91. The molecule has 1 heterocycles. The fourth-order valence-electron chi connectivity index (χ4n) is 3.13. The van der Waals surface area contributed by atoms with Gasteiger partial charge in [0, 0.05) is 5.39 Å². The molecule has 0 amide bonds. The zero-order valence-corrected chi connectivity index (χ0v) is 18.3. The lowest BCUT2D eigenvalue weighted by Gasteiger charge is -2.10. The lowest BCUT2D eigenvalue weighted by atomic mass is 10.1. The van der Waals surface area contributed by atoms with Crippen LogP contribution in [0, 0.1) is 0 Å². The molecular weight excluding hydrogens is 394 g/mol. The van der Waals surface area contributed by atoms with Crippen molar-refractivity contribution in [3.05, 3.63) is 59.3 Å². The average molecular weight is 421 g/mol. The Balaban J connectivity index is 1.98. The van der Waals surface area contributed by atoms with E-state index < -0.39 is 0 Å². The van der Waals surface area contributed by atoms with Crippen LogP contribution in [0.15, 0.2) is 42.5 Å². The number of fused-ring (bicyclic) bond motifs is 1. The fourth-order valence-corrected chi connectivity index (χ4v) is 3.13. The number of esters is 1. The molecule has 31 heavy (non-hydrogen) atoms. The minimum Gasteiger partial charge on any atom is -0.497 e. The number of unbranched alkanes of at least 4 members (excludes halogenated alkanes) is 1. The third kappa shape index (κ3) is 5.34. The molecule has 2 aromatic carbocycles. The first-order valence-corrected chi connectivity index (χ1v) is 10.2. The molecule has 0 atom stereocenters. The summed E-state index contributed by atoms with van der Waals surface area (Å²) in [7, 11) is 4.79. The minimum atomic E-state index is -0.366. The number of benzene rings is 2. The molecule has 6 heteroatoms. The van der Waals surface area contributed by atoms with Gasteiger partial charge in [-0.1, -0.05) is 25.5 Å². The Morgan fingerprint density at radius 2 is 1.74 bits per heavy atom. The molecule has 0 N–H and O–H groups in total. The van der Waals surface area contributed by atoms with Crippen LogP contribution in [-0.4, -0.2) is 38.9 Å². The van der Waals surface area contributed by atoms with Gasteiger partial charge in [0.2, 0.25) is 0 Å². The summed E-state index contributed by atoms with van der Waals surface area (Å²) in [6.07, 6.45) is 5.54. The van der Waals surface area contributed by atoms with Crippen molar-refractivity contribution in [1.82, 2.24) is 4.98 Å². The van der Waals surface area contributed by atoms with Gasteiger partial charge >= 0.3 is 5.97 Å². The number of methoxy groups -OCH3 is 3. The fraction of sp³-hybridized carbons (Fsp3) is 0.280. The van der Waals surface area contributed by atoms with Gasteiger partial charge in [-0.3, -0.25) is 0 Å². The number of pyridine rings is 1. The summed E-state index contributed by atoms with van der Waals surface area (Å²) in [4.78, 5) is 17.4. The molecule has 6 nitrogen and oxygen atoms in total. The third-order valence-electron chi connectivity index (χ3n) is 4.84. The highest BCUT2D eigenvalue weighted by atomic mass is 16.5. The van der Waals surface area contributed by atoms with Crippen LogP contribution in [0.2, 0.25) is 0 Å². The first-order chi connectivity index (χ1) is 15.1. The van der Waals surface area contributed by atoms with Crippen LogP contribution < -0.4 is 14.2 Å². The van der Waals surface area contributed by atoms with Crippen molar-refractivity contribution in [3.8, 4) is 17.2 Å². The molecular formula is C25H27NO5. The molecule has 0 saturated carbocycles. The summed E-state index contributed by atoms with van der Waals surface area (Å²) >= 11 is 0. The van der Waals surface area contributed by atoms with Crippen LogP contribution >= 0.6 is 0 Å².